The molecule has 0 aromatic heterocycles. The third-order valence-electron chi connectivity index (χ3n) is 5.26. The molecule has 1 N–H and O–H groups in total. The molecule has 2 aliphatic carbocycles. The highest BCUT2D eigenvalue weighted by Crippen LogP contribution is 2.66. The van der Waals surface area contributed by atoms with Gasteiger partial charge in [-0.1, -0.05) is 20.8 Å². The number of alkyl halides is 3. The number of rotatable bonds is 1. The zero-order valence-corrected chi connectivity index (χ0v) is 10.1. The molecule has 0 amide bonds. The van der Waals surface area contributed by atoms with Crippen LogP contribution in [0.15, 0.2) is 0 Å². The van der Waals surface area contributed by atoms with E-state index >= 15 is 0 Å². The van der Waals surface area contributed by atoms with Gasteiger partial charge in [-0.05, 0) is 24.2 Å². The second-order valence-electron chi connectivity index (χ2n) is 6.08. The smallest absolute Gasteiger partial charge is 0.383 e. The molecule has 0 aromatic carbocycles. The van der Waals surface area contributed by atoms with Gasteiger partial charge in [-0.2, -0.15) is 13.2 Å². The van der Waals surface area contributed by atoms with Crippen molar-refractivity contribution < 1.29 is 23.1 Å². The van der Waals surface area contributed by atoms with E-state index < -0.39 is 34.8 Å². The molecule has 98 valence electrons. The lowest BCUT2D eigenvalue weighted by molar-refractivity contribution is -0.223. The summed E-state index contributed by atoms with van der Waals surface area (Å²) in [6.07, 6.45) is -6.00. The summed E-state index contributed by atoms with van der Waals surface area (Å²) in [7, 11) is 0. The molecule has 0 spiro atoms. The molecule has 0 aliphatic heterocycles. The van der Waals surface area contributed by atoms with Gasteiger partial charge in [0.25, 0.3) is 0 Å². The third kappa shape index (κ3) is 1.41. The number of ketones is 1. The van der Waals surface area contributed by atoms with E-state index in [1.165, 1.54) is 0 Å². The van der Waals surface area contributed by atoms with Gasteiger partial charge in [0.1, 0.15) is 5.78 Å². The number of aliphatic hydroxyl groups is 1. The molecule has 4 unspecified atom stereocenters. The summed E-state index contributed by atoms with van der Waals surface area (Å²) < 4.78 is 37.7. The SMILES string of the molecule is CC12CCC(C(C(O)C(F)(F)F)C1=O)C2(C)C. The summed E-state index contributed by atoms with van der Waals surface area (Å²) >= 11 is 0. The van der Waals surface area contributed by atoms with Crippen molar-refractivity contribution in [1.29, 1.82) is 0 Å². The van der Waals surface area contributed by atoms with E-state index in [0.29, 0.717) is 12.8 Å². The first-order chi connectivity index (χ1) is 7.53. The summed E-state index contributed by atoms with van der Waals surface area (Å²) in [6.45, 7) is 5.41. The van der Waals surface area contributed by atoms with Crippen molar-refractivity contribution >= 4 is 5.78 Å². The zero-order chi connectivity index (χ0) is 13.2. The maximum Gasteiger partial charge on any atom is 0.415 e. The van der Waals surface area contributed by atoms with Gasteiger partial charge in [-0.15, -0.1) is 0 Å². The van der Waals surface area contributed by atoms with Crippen LogP contribution >= 0.6 is 0 Å². The summed E-state index contributed by atoms with van der Waals surface area (Å²) in [6, 6.07) is 0. The van der Waals surface area contributed by atoms with Gasteiger partial charge in [-0.3, -0.25) is 4.79 Å². The predicted octanol–water partition coefficient (Wildman–Crippen LogP) is 2.55. The molecule has 17 heavy (non-hydrogen) atoms. The Balaban J connectivity index is 2.39. The lowest BCUT2D eigenvalue weighted by Gasteiger charge is -2.32. The standard InChI is InChI=1S/C12H17F3O2/c1-10(2)6-4-5-11(10,3)8(16)7(6)9(17)12(13,14)15/h6-7,9,17H,4-5H2,1-3H3. The summed E-state index contributed by atoms with van der Waals surface area (Å²) in [5.41, 5.74) is -1.17. The number of hydrogen-bond acceptors (Lipinski definition) is 2. The normalized spacial score (nSPS) is 41.9. The number of aliphatic hydroxyl groups excluding tert-OH is 1. The van der Waals surface area contributed by atoms with Gasteiger partial charge >= 0.3 is 6.18 Å². The third-order valence-corrected chi connectivity index (χ3v) is 5.26. The van der Waals surface area contributed by atoms with Crippen LogP contribution in [0.25, 0.3) is 0 Å². The highest BCUT2D eigenvalue weighted by molar-refractivity contribution is 5.92. The maximum atomic E-state index is 12.6. The van der Waals surface area contributed by atoms with Crippen molar-refractivity contribution in [2.75, 3.05) is 0 Å². The Bertz CT molecular complexity index is 361. The van der Waals surface area contributed by atoms with E-state index in [9.17, 15) is 23.1 Å². The van der Waals surface area contributed by atoms with Crippen molar-refractivity contribution in [1.82, 2.24) is 0 Å². The van der Waals surface area contributed by atoms with E-state index in [2.05, 4.69) is 0 Å². The number of carbonyl (C=O) groups is 1. The lowest BCUT2D eigenvalue weighted by Crippen LogP contribution is -2.44. The molecule has 0 aromatic rings. The number of fused-ring (bicyclic) bond motifs is 2. The van der Waals surface area contributed by atoms with Crippen LogP contribution in [0.3, 0.4) is 0 Å². The Labute approximate surface area is 98.2 Å². The zero-order valence-electron chi connectivity index (χ0n) is 10.1. The van der Waals surface area contributed by atoms with E-state index in [-0.39, 0.29) is 5.92 Å². The molecular formula is C12H17F3O2. The van der Waals surface area contributed by atoms with Crippen LogP contribution in [0.2, 0.25) is 0 Å². The first kappa shape index (κ1) is 12.9. The number of hydrogen-bond donors (Lipinski definition) is 1. The average molecular weight is 250 g/mol. The predicted molar refractivity (Wildman–Crippen MR) is 55.2 cm³/mol. The van der Waals surface area contributed by atoms with Crippen LogP contribution in [0.5, 0.6) is 0 Å². The van der Waals surface area contributed by atoms with Crippen molar-refractivity contribution in [3.63, 3.8) is 0 Å². The van der Waals surface area contributed by atoms with E-state index in [4.69, 9.17) is 0 Å². The fourth-order valence-electron chi connectivity index (χ4n) is 3.72. The highest BCUT2D eigenvalue weighted by atomic mass is 19.4. The second kappa shape index (κ2) is 3.25. The molecule has 2 bridgehead atoms. The molecular weight excluding hydrogens is 233 g/mol. The van der Waals surface area contributed by atoms with Crippen LogP contribution in [0.4, 0.5) is 13.2 Å². The van der Waals surface area contributed by atoms with Gasteiger partial charge in [0.2, 0.25) is 0 Å². The Morgan fingerprint density at radius 1 is 1.35 bits per heavy atom. The first-order valence-electron chi connectivity index (χ1n) is 5.82. The molecule has 0 radical (unpaired) electrons. The van der Waals surface area contributed by atoms with Crippen molar-refractivity contribution in [2.45, 2.75) is 45.9 Å². The molecule has 2 aliphatic rings. The van der Waals surface area contributed by atoms with Crippen LogP contribution in [0, 0.1) is 22.7 Å². The molecule has 2 rings (SSSR count). The van der Waals surface area contributed by atoms with Crippen molar-refractivity contribution in [3.8, 4) is 0 Å². The summed E-state index contributed by atoms with van der Waals surface area (Å²) in [5, 5.41) is 9.38. The monoisotopic (exact) mass is 250 g/mol. The minimum Gasteiger partial charge on any atom is -0.383 e. The molecule has 0 saturated heterocycles. The molecule has 2 fully saturated rings. The van der Waals surface area contributed by atoms with E-state index in [1.54, 1.807) is 6.92 Å². The Hall–Kier alpha value is -0.580. The highest BCUT2D eigenvalue weighted by Gasteiger charge is 2.69. The minimum absolute atomic E-state index is 0.364. The Kier molecular flexibility index (Phi) is 2.46. The van der Waals surface area contributed by atoms with Crippen LogP contribution in [-0.2, 0) is 4.79 Å². The van der Waals surface area contributed by atoms with Crippen LogP contribution < -0.4 is 0 Å². The maximum absolute atomic E-state index is 12.6. The molecule has 0 heterocycles. The number of Topliss-reactive ketones (excluding diaryl/α,β-unsaturated/α-hetero) is 1. The molecule has 2 nitrogen and oxygen atoms in total. The Morgan fingerprint density at radius 3 is 2.24 bits per heavy atom. The van der Waals surface area contributed by atoms with Crippen molar-refractivity contribution in [2.24, 2.45) is 22.7 Å². The van der Waals surface area contributed by atoms with Crippen molar-refractivity contribution in [3.05, 3.63) is 0 Å². The Morgan fingerprint density at radius 2 is 1.88 bits per heavy atom. The van der Waals surface area contributed by atoms with E-state index in [1.807, 2.05) is 13.8 Å². The first-order valence-corrected chi connectivity index (χ1v) is 5.82. The van der Waals surface area contributed by atoms with Gasteiger partial charge in [0, 0.05) is 5.41 Å². The fourth-order valence-corrected chi connectivity index (χ4v) is 3.72. The second-order valence-corrected chi connectivity index (χ2v) is 6.08. The van der Waals surface area contributed by atoms with Crippen LogP contribution in [0.1, 0.15) is 33.6 Å². The average Bonchev–Trinajstić information content (AvgIpc) is 2.47. The van der Waals surface area contributed by atoms with Gasteiger partial charge < -0.3 is 5.11 Å². The largest absolute Gasteiger partial charge is 0.415 e. The summed E-state index contributed by atoms with van der Waals surface area (Å²) in [5.74, 6) is -2.05. The molecule has 4 atom stereocenters. The van der Waals surface area contributed by atoms with Gasteiger partial charge in [0.05, 0.1) is 5.92 Å². The van der Waals surface area contributed by atoms with Crippen LogP contribution in [-0.4, -0.2) is 23.2 Å². The van der Waals surface area contributed by atoms with Gasteiger partial charge in [-0.25, -0.2) is 0 Å². The fraction of sp³-hybridized carbons (Fsp3) is 0.917. The molecule has 2 saturated carbocycles. The topological polar surface area (TPSA) is 37.3 Å². The molecule has 5 heteroatoms. The van der Waals surface area contributed by atoms with Gasteiger partial charge in [0.15, 0.2) is 6.10 Å². The number of carbonyl (C=O) groups excluding carboxylic acids is 1. The van der Waals surface area contributed by atoms with E-state index in [0.717, 1.165) is 0 Å². The minimum atomic E-state index is -4.71. The number of halogens is 3. The lowest BCUT2D eigenvalue weighted by atomic mass is 9.70. The quantitative estimate of drug-likeness (QED) is 0.776. The summed E-state index contributed by atoms with van der Waals surface area (Å²) in [4.78, 5) is 12.1.